The van der Waals surface area contributed by atoms with E-state index in [0.29, 0.717) is 6.61 Å². The first-order chi connectivity index (χ1) is 8.70. The van der Waals surface area contributed by atoms with E-state index in [9.17, 15) is 10.1 Å². The molecule has 1 saturated heterocycles. The number of nitro groups is 1. The minimum Gasteiger partial charge on any atom is -0.347 e. The van der Waals surface area contributed by atoms with Gasteiger partial charge in [0.2, 0.25) is 6.29 Å². The minimum atomic E-state index is -0.478. The molecule has 0 radical (unpaired) electrons. The van der Waals surface area contributed by atoms with Gasteiger partial charge in [-0.25, -0.2) is 0 Å². The zero-order valence-electron chi connectivity index (χ0n) is 10.2. The average Bonchev–Trinajstić information content (AvgIpc) is 2.64. The third kappa shape index (κ3) is 3.04. The van der Waals surface area contributed by atoms with Crippen molar-refractivity contribution in [1.82, 2.24) is 5.06 Å². The summed E-state index contributed by atoms with van der Waals surface area (Å²) in [6.45, 7) is 4.25. The molecule has 6 nitrogen and oxygen atoms in total. The smallest absolute Gasteiger partial charge is 0.269 e. The zero-order valence-corrected chi connectivity index (χ0v) is 10.2. The molecule has 0 aromatic heterocycles. The third-order valence-electron chi connectivity index (χ3n) is 2.79. The number of rotatable bonds is 3. The maximum absolute atomic E-state index is 10.6. The van der Waals surface area contributed by atoms with Crippen molar-refractivity contribution in [3.63, 3.8) is 0 Å². The van der Waals surface area contributed by atoms with Crippen molar-refractivity contribution in [2.45, 2.75) is 19.6 Å². The molecule has 0 aliphatic carbocycles. The Morgan fingerprint density at radius 1 is 1.44 bits per heavy atom. The quantitative estimate of drug-likeness (QED) is 0.610. The van der Waals surface area contributed by atoms with Crippen molar-refractivity contribution < 1.29 is 14.5 Å². The number of benzene rings is 1. The predicted octanol–water partition coefficient (Wildman–Crippen LogP) is 2.27. The highest BCUT2D eigenvalue weighted by Gasteiger charge is 2.20. The van der Waals surface area contributed by atoms with Crippen LogP contribution in [0.25, 0.3) is 0 Å². The lowest BCUT2D eigenvalue weighted by Gasteiger charge is -2.22. The van der Waals surface area contributed by atoms with Crippen LogP contribution in [-0.2, 0) is 9.57 Å². The number of nitro benzene ring substituents is 1. The van der Waals surface area contributed by atoms with Crippen LogP contribution in [0.5, 0.6) is 0 Å². The van der Waals surface area contributed by atoms with Gasteiger partial charge in [0.05, 0.1) is 11.5 Å². The van der Waals surface area contributed by atoms with E-state index in [2.05, 4.69) is 0 Å². The molecule has 1 atom stereocenters. The van der Waals surface area contributed by atoms with Crippen LogP contribution >= 0.6 is 0 Å². The predicted molar refractivity (Wildman–Crippen MR) is 64.7 cm³/mol. The molecule has 1 aliphatic rings. The Hall–Kier alpha value is -1.50. The van der Waals surface area contributed by atoms with Gasteiger partial charge in [-0.3, -0.25) is 15.0 Å². The molecule has 1 aromatic rings. The highest BCUT2D eigenvalue weighted by atomic mass is 16.8. The number of hydroxylamine groups is 2. The van der Waals surface area contributed by atoms with E-state index < -0.39 is 11.2 Å². The lowest BCUT2D eigenvalue weighted by atomic mass is 10.2. The van der Waals surface area contributed by atoms with Gasteiger partial charge >= 0.3 is 0 Å². The van der Waals surface area contributed by atoms with Crippen molar-refractivity contribution in [1.29, 1.82) is 0 Å². The summed E-state index contributed by atoms with van der Waals surface area (Å²) in [5, 5.41) is 12.4. The van der Waals surface area contributed by atoms with Crippen LogP contribution < -0.4 is 0 Å². The van der Waals surface area contributed by atoms with Crippen molar-refractivity contribution in [2.24, 2.45) is 0 Å². The number of nitrogens with zero attached hydrogens (tertiary/aromatic N) is 2. The molecule has 0 N–H and O–H groups in total. The fourth-order valence-corrected chi connectivity index (χ4v) is 1.79. The maximum atomic E-state index is 10.6. The lowest BCUT2D eigenvalue weighted by Crippen LogP contribution is -2.25. The van der Waals surface area contributed by atoms with Crippen LogP contribution in [0.2, 0.25) is 0 Å². The summed E-state index contributed by atoms with van der Waals surface area (Å²) in [7, 11) is 0. The summed E-state index contributed by atoms with van der Waals surface area (Å²) in [4.78, 5) is 15.8. The molecule has 6 heteroatoms. The van der Waals surface area contributed by atoms with Crippen LogP contribution in [0.3, 0.4) is 0 Å². The van der Waals surface area contributed by atoms with Crippen LogP contribution in [0.1, 0.15) is 25.2 Å². The molecule has 1 unspecified atom stereocenters. The van der Waals surface area contributed by atoms with E-state index in [1.165, 1.54) is 12.1 Å². The molecule has 2 rings (SSSR count). The van der Waals surface area contributed by atoms with Gasteiger partial charge in [-0.05, 0) is 18.6 Å². The zero-order chi connectivity index (χ0) is 13.0. The number of hydrogen-bond donors (Lipinski definition) is 0. The van der Waals surface area contributed by atoms with Gasteiger partial charge in [0.25, 0.3) is 5.69 Å². The van der Waals surface area contributed by atoms with Crippen LogP contribution in [0.15, 0.2) is 24.3 Å². The van der Waals surface area contributed by atoms with Crippen molar-refractivity contribution in [3.05, 3.63) is 39.9 Å². The van der Waals surface area contributed by atoms with Gasteiger partial charge in [0.15, 0.2) is 0 Å². The first kappa shape index (κ1) is 12.9. The molecule has 98 valence electrons. The van der Waals surface area contributed by atoms with E-state index in [0.717, 1.165) is 25.1 Å². The normalized spacial score (nSPS) is 21.5. The SMILES string of the molecule is CCN1CCCOC(c2ccc([N+](=O)[O-])cc2)O1. The fraction of sp³-hybridized carbons (Fsp3) is 0.500. The van der Waals surface area contributed by atoms with Gasteiger partial charge in [-0.2, -0.15) is 5.06 Å². The maximum Gasteiger partial charge on any atom is 0.269 e. The average molecular weight is 252 g/mol. The topological polar surface area (TPSA) is 64.8 Å². The molecule has 1 aromatic carbocycles. The Kier molecular flexibility index (Phi) is 4.24. The number of ether oxygens (including phenoxy) is 1. The molecule has 0 spiro atoms. The lowest BCUT2D eigenvalue weighted by molar-refractivity contribution is -0.384. The van der Waals surface area contributed by atoms with Gasteiger partial charge < -0.3 is 4.74 Å². The second kappa shape index (κ2) is 5.90. The summed E-state index contributed by atoms with van der Waals surface area (Å²) in [5.41, 5.74) is 0.862. The highest BCUT2D eigenvalue weighted by molar-refractivity contribution is 5.33. The number of non-ortho nitro benzene ring substituents is 1. The van der Waals surface area contributed by atoms with Crippen LogP contribution in [0, 0.1) is 10.1 Å². The monoisotopic (exact) mass is 252 g/mol. The van der Waals surface area contributed by atoms with E-state index >= 15 is 0 Å². The third-order valence-corrected chi connectivity index (χ3v) is 2.79. The summed E-state index contributed by atoms with van der Waals surface area (Å²) in [5.74, 6) is 0. The van der Waals surface area contributed by atoms with E-state index in [1.807, 2.05) is 12.0 Å². The van der Waals surface area contributed by atoms with E-state index in [-0.39, 0.29) is 5.69 Å². The first-order valence-electron chi connectivity index (χ1n) is 5.98. The molecule has 1 fully saturated rings. The second-order valence-electron chi connectivity index (χ2n) is 4.03. The van der Waals surface area contributed by atoms with Gasteiger partial charge in [0, 0.05) is 30.8 Å². The van der Waals surface area contributed by atoms with Gasteiger partial charge in [0.1, 0.15) is 0 Å². The first-order valence-corrected chi connectivity index (χ1v) is 5.98. The second-order valence-corrected chi connectivity index (χ2v) is 4.03. The molecular formula is C12H16N2O4. The van der Waals surface area contributed by atoms with Gasteiger partial charge in [-0.15, -0.1) is 0 Å². The highest BCUT2D eigenvalue weighted by Crippen LogP contribution is 2.25. The Bertz CT molecular complexity index is 407. The van der Waals surface area contributed by atoms with Crippen molar-refractivity contribution >= 4 is 5.69 Å². The molecule has 1 heterocycles. The molecule has 18 heavy (non-hydrogen) atoms. The minimum absolute atomic E-state index is 0.0692. The summed E-state index contributed by atoms with van der Waals surface area (Å²) in [6.07, 6.45) is 0.436. The summed E-state index contributed by atoms with van der Waals surface area (Å²) < 4.78 is 5.59. The largest absolute Gasteiger partial charge is 0.347 e. The van der Waals surface area contributed by atoms with Crippen LogP contribution in [-0.4, -0.2) is 29.7 Å². The molecule has 0 bridgehead atoms. The fourth-order valence-electron chi connectivity index (χ4n) is 1.79. The Morgan fingerprint density at radius 3 is 2.78 bits per heavy atom. The molecule has 0 saturated carbocycles. The Labute approximate surface area is 105 Å². The molecule has 1 aliphatic heterocycles. The molecule has 0 amide bonds. The molecular weight excluding hydrogens is 236 g/mol. The standard InChI is InChI=1S/C12H16N2O4/c1-2-13-8-3-9-17-12(18-13)10-4-6-11(7-5-10)14(15)16/h4-7,12H,2-3,8-9H2,1H3. The Balaban J connectivity index is 2.11. The van der Waals surface area contributed by atoms with Crippen molar-refractivity contribution in [3.8, 4) is 0 Å². The Morgan fingerprint density at radius 2 is 2.17 bits per heavy atom. The van der Waals surface area contributed by atoms with E-state index in [1.54, 1.807) is 12.1 Å². The summed E-state index contributed by atoms with van der Waals surface area (Å²) in [6, 6.07) is 6.26. The summed E-state index contributed by atoms with van der Waals surface area (Å²) >= 11 is 0. The van der Waals surface area contributed by atoms with Crippen LogP contribution in [0.4, 0.5) is 5.69 Å². The number of hydrogen-bond acceptors (Lipinski definition) is 5. The van der Waals surface area contributed by atoms with Crippen molar-refractivity contribution in [2.75, 3.05) is 19.7 Å². The van der Waals surface area contributed by atoms with Gasteiger partial charge in [-0.1, -0.05) is 6.92 Å². The van der Waals surface area contributed by atoms with E-state index in [4.69, 9.17) is 9.57 Å².